The molecular weight excluding hydrogens is 226 g/mol. The maximum atomic E-state index is 9.38. The highest BCUT2D eigenvalue weighted by molar-refractivity contribution is 4.81. The van der Waals surface area contributed by atoms with Crippen molar-refractivity contribution in [1.82, 2.24) is 15.1 Å². The number of likely N-dealkylation sites (N-methyl/N-ethyl adjacent to an activating group) is 1. The third-order valence-corrected chi connectivity index (χ3v) is 4.57. The van der Waals surface area contributed by atoms with Gasteiger partial charge in [0.2, 0.25) is 0 Å². The number of aliphatic hydroxyl groups is 1. The molecule has 4 heteroatoms. The molecule has 18 heavy (non-hydrogen) atoms. The van der Waals surface area contributed by atoms with E-state index in [0.29, 0.717) is 18.6 Å². The van der Waals surface area contributed by atoms with Gasteiger partial charge in [0.1, 0.15) is 0 Å². The Morgan fingerprint density at radius 3 is 2.56 bits per heavy atom. The first-order valence-electron chi connectivity index (χ1n) is 7.54. The summed E-state index contributed by atoms with van der Waals surface area (Å²) in [5, 5.41) is 13.0. The summed E-state index contributed by atoms with van der Waals surface area (Å²) >= 11 is 0. The molecule has 1 heterocycles. The number of hydrogen-bond acceptors (Lipinski definition) is 4. The van der Waals surface area contributed by atoms with Gasteiger partial charge in [-0.1, -0.05) is 12.8 Å². The minimum absolute atomic E-state index is 0.353. The zero-order chi connectivity index (χ0) is 12.8. The lowest BCUT2D eigenvalue weighted by Gasteiger charge is -2.34. The quantitative estimate of drug-likeness (QED) is 0.745. The van der Waals surface area contributed by atoms with Crippen molar-refractivity contribution < 1.29 is 5.11 Å². The van der Waals surface area contributed by atoms with Crippen LogP contribution in [0.15, 0.2) is 0 Å². The van der Waals surface area contributed by atoms with Crippen LogP contribution >= 0.6 is 0 Å². The van der Waals surface area contributed by atoms with Crippen LogP contribution in [-0.4, -0.2) is 73.9 Å². The normalized spacial score (nSPS) is 31.7. The van der Waals surface area contributed by atoms with Crippen molar-refractivity contribution in [2.24, 2.45) is 5.92 Å². The number of hydrogen-bond donors (Lipinski definition) is 2. The fourth-order valence-corrected chi connectivity index (χ4v) is 3.17. The van der Waals surface area contributed by atoms with E-state index in [1.165, 1.54) is 51.9 Å². The molecule has 0 radical (unpaired) electrons. The number of rotatable bonds is 5. The van der Waals surface area contributed by atoms with Gasteiger partial charge < -0.3 is 15.3 Å². The predicted octanol–water partition coefficient (Wildman–Crippen LogP) is 0.375. The minimum Gasteiger partial charge on any atom is -0.396 e. The molecule has 0 bridgehead atoms. The van der Waals surface area contributed by atoms with Crippen molar-refractivity contribution in [3.63, 3.8) is 0 Å². The molecule has 0 aromatic rings. The lowest BCUT2D eigenvalue weighted by Crippen LogP contribution is -2.48. The number of piperazine rings is 1. The molecule has 2 atom stereocenters. The Morgan fingerprint density at radius 2 is 1.83 bits per heavy atom. The smallest absolute Gasteiger partial charge is 0.0474 e. The molecule has 2 aliphatic rings. The van der Waals surface area contributed by atoms with E-state index in [-0.39, 0.29) is 0 Å². The van der Waals surface area contributed by atoms with Crippen LogP contribution in [0.3, 0.4) is 0 Å². The van der Waals surface area contributed by atoms with Crippen LogP contribution in [0, 0.1) is 5.92 Å². The van der Waals surface area contributed by atoms with Crippen molar-refractivity contribution in [2.45, 2.75) is 31.7 Å². The molecular formula is C14H29N3O. The van der Waals surface area contributed by atoms with E-state index in [2.05, 4.69) is 22.2 Å². The van der Waals surface area contributed by atoms with Gasteiger partial charge in [0, 0.05) is 51.9 Å². The third-order valence-electron chi connectivity index (χ3n) is 4.57. The summed E-state index contributed by atoms with van der Waals surface area (Å²) in [6, 6.07) is 0.552. The maximum Gasteiger partial charge on any atom is 0.0474 e. The Balaban J connectivity index is 1.62. The highest BCUT2D eigenvalue weighted by atomic mass is 16.3. The molecule has 2 N–H and O–H groups in total. The van der Waals surface area contributed by atoms with Crippen LogP contribution in [0.5, 0.6) is 0 Å². The highest BCUT2D eigenvalue weighted by Crippen LogP contribution is 2.23. The van der Waals surface area contributed by atoms with E-state index in [9.17, 15) is 5.11 Å². The van der Waals surface area contributed by atoms with Gasteiger partial charge in [0.15, 0.2) is 0 Å². The summed E-state index contributed by atoms with van der Waals surface area (Å²) in [6.45, 7) is 7.38. The molecule has 1 saturated heterocycles. The van der Waals surface area contributed by atoms with Crippen LogP contribution in [-0.2, 0) is 0 Å². The van der Waals surface area contributed by atoms with Gasteiger partial charge in [0.25, 0.3) is 0 Å². The highest BCUT2D eigenvalue weighted by Gasteiger charge is 2.24. The van der Waals surface area contributed by atoms with Gasteiger partial charge in [-0.25, -0.2) is 0 Å². The second-order valence-corrected chi connectivity index (χ2v) is 5.93. The topological polar surface area (TPSA) is 38.7 Å². The first kappa shape index (κ1) is 14.3. The number of nitrogens with one attached hydrogen (secondary N) is 1. The van der Waals surface area contributed by atoms with Gasteiger partial charge in [-0.05, 0) is 25.8 Å². The molecule has 1 saturated carbocycles. The van der Waals surface area contributed by atoms with E-state index in [4.69, 9.17) is 0 Å². The molecule has 4 nitrogen and oxygen atoms in total. The van der Waals surface area contributed by atoms with Crippen molar-refractivity contribution in [2.75, 3.05) is 52.9 Å². The van der Waals surface area contributed by atoms with Gasteiger partial charge in [-0.3, -0.25) is 4.90 Å². The Hall–Kier alpha value is -0.160. The van der Waals surface area contributed by atoms with Crippen LogP contribution in [0.2, 0.25) is 0 Å². The minimum atomic E-state index is 0.353. The largest absolute Gasteiger partial charge is 0.396 e. The van der Waals surface area contributed by atoms with Crippen molar-refractivity contribution in [3.8, 4) is 0 Å². The van der Waals surface area contributed by atoms with Crippen molar-refractivity contribution >= 4 is 0 Å². The van der Waals surface area contributed by atoms with Crippen molar-refractivity contribution in [3.05, 3.63) is 0 Å². The molecule has 1 aliphatic heterocycles. The fourth-order valence-electron chi connectivity index (χ4n) is 3.17. The van der Waals surface area contributed by atoms with E-state index >= 15 is 0 Å². The average Bonchev–Trinajstić information content (AvgIpc) is 2.41. The molecule has 106 valence electrons. The van der Waals surface area contributed by atoms with Gasteiger partial charge in [0.05, 0.1) is 0 Å². The van der Waals surface area contributed by atoms with E-state index in [1.807, 2.05) is 0 Å². The molecule has 0 amide bonds. The summed E-state index contributed by atoms with van der Waals surface area (Å²) < 4.78 is 0. The van der Waals surface area contributed by atoms with Gasteiger partial charge >= 0.3 is 0 Å². The monoisotopic (exact) mass is 255 g/mol. The number of aliphatic hydroxyl groups excluding tert-OH is 1. The first-order valence-corrected chi connectivity index (χ1v) is 7.54. The van der Waals surface area contributed by atoms with E-state index < -0.39 is 0 Å². The zero-order valence-corrected chi connectivity index (χ0v) is 11.8. The van der Waals surface area contributed by atoms with Crippen LogP contribution in [0.4, 0.5) is 0 Å². The van der Waals surface area contributed by atoms with Gasteiger partial charge in [-0.15, -0.1) is 0 Å². The standard InChI is InChI=1S/C14H29N3O/c1-16-8-10-17(11-9-16)7-6-15-14-5-3-2-4-13(14)12-18/h13-15,18H,2-12H2,1H3. The summed E-state index contributed by atoms with van der Waals surface area (Å²) in [5.74, 6) is 0.492. The summed E-state index contributed by atoms with van der Waals surface area (Å²) in [4.78, 5) is 4.94. The molecule has 0 aromatic carbocycles. The van der Waals surface area contributed by atoms with Gasteiger partial charge in [-0.2, -0.15) is 0 Å². The van der Waals surface area contributed by atoms with E-state index in [0.717, 1.165) is 13.1 Å². The van der Waals surface area contributed by atoms with Crippen LogP contribution in [0.25, 0.3) is 0 Å². The van der Waals surface area contributed by atoms with Crippen LogP contribution in [0.1, 0.15) is 25.7 Å². The third kappa shape index (κ3) is 4.19. The zero-order valence-electron chi connectivity index (χ0n) is 11.8. The fraction of sp³-hybridized carbons (Fsp3) is 1.00. The average molecular weight is 255 g/mol. The second-order valence-electron chi connectivity index (χ2n) is 5.93. The second kappa shape index (κ2) is 7.43. The summed E-state index contributed by atoms with van der Waals surface area (Å²) in [6.07, 6.45) is 5.06. The van der Waals surface area contributed by atoms with Crippen LogP contribution < -0.4 is 5.32 Å². The Morgan fingerprint density at radius 1 is 1.11 bits per heavy atom. The number of nitrogens with zero attached hydrogens (tertiary/aromatic N) is 2. The molecule has 2 rings (SSSR count). The Bertz CT molecular complexity index is 229. The lowest BCUT2D eigenvalue weighted by molar-refractivity contribution is 0.136. The molecule has 0 aromatic heterocycles. The molecule has 0 spiro atoms. The van der Waals surface area contributed by atoms with E-state index in [1.54, 1.807) is 0 Å². The maximum absolute atomic E-state index is 9.38. The lowest BCUT2D eigenvalue weighted by atomic mass is 9.85. The SMILES string of the molecule is CN1CCN(CCNC2CCCCC2CO)CC1. The molecule has 2 fully saturated rings. The predicted molar refractivity (Wildman–Crippen MR) is 74.8 cm³/mol. The summed E-state index contributed by atoms with van der Waals surface area (Å²) in [7, 11) is 2.20. The summed E-state index contributed by atoms with van der Waals surface area (Å²) in [5.41, 5.74) is 0. The molecule has 1 aliphatic carbocycles. The first-order chi connectivity index (χ1) is 8.79. The Labute approximate surface area is 111 Å². The molecule has 2 unspecified atom stereocenters. The van der Waals surface area contributed by atoms with Crippen molar-refractivity contribution in [1.29, 1.82) is 0 Å². The Kier molecular flexibility index (Phi) is 5.89.